The van der Waals surface area contributed by atoms with Crippen LogP contribution in [-0.4, -0.2) is 43.7 Å². The van der Waals surface area contributed by atoms with Gasteiger partial charge in [-0.3, -0.25) is 19.2 Å². The molecule has 9 nitrogen and oxygen atoms in total. The van der Waals surface area contributed by atoms with Crippen molar-refractivity contribution in [3.63, 3.8) is 0 Å². The lowest BCUT2D eigenvalue weighted by Crippen LogP contribution is -2.41. The van der Waals surface area contributed by atoms with Gasteiger partial charge in [0, 0.05) is 47.8 Å². The van der Waals surface area contributed by atoms with Crippen molar-refractivity contribution < 1.29 is 42.6 Å². The molecule has 1 aliphatic heterocycles. The number of carbonyl (C=O) groups excluding carboxylic acids is 5. The van der Waals surface area contributed by atoms with E-state index in [0.29, 0.717) is 11.1 Å². The second-order valence-electron chi connectivity index (χ2n) is 10.6. The molecule has 2 heterocycles. The number of ketones is 2. The van der Waals surface area contributed by atoms with Gasteiger partial charge in [0.15, 0.2) is 11.6 Å². The van der Waals surface area contributed by atoms with Crippen LogP contribution in [0.2, 0.25) is 0 Å². The summed E-state index contributed by atoms with van der Waals surface area (Å²) in [6.45, 7) is 7.34. The minimum atomic E-state index is -1.07. The molecule has 9 heteroatoms. The van der Waals surface area contributed by atoms with Gasteiger partial charge in [-0.15, -0.1) is 0 Å². The molecule has 0 aromatic carbocycles. The number of carbonyl (C=O) groups is 5. The Kier molecular flexibility index (Phi) is 8.25. The summed E-state index contributed by atoms with van der Waals surface area (Å²) in [5.74, 6) is -2.98. The summed E-state index contributed by atoms with van der Waals surface area (Å²) in [7, 11) is 2.58. The molecular formula is C28H34O9. The molecule has 3 rings (SSSR count). The quantitative estimate of drug-likeness (QED) is 0.354. The van der Waals surface area contributed by atoms with Crippen LogP contribution in [0, 0.1) is 22.7 Å². The van der Waals surface area contributed by atoms with Crippen molar-refractivity contribution in [2.75, 3.05) is 14.2 Å². The Morgan fingerprint density at radius 3 is 2.32 bits per heavy atom. The van der Waals surface area contributed by atoms with Crippen LogP contribution in [0.3, 0.4) is 0 Å². The second kappa shape index (κ2) is 10.9. The molecule has 2 aliphatic rings. The number of furan rings is 1. The Hall–Kier alpha value is -3.49. The fourth-order valence-electron chi connectivity index (χ4n) is 5.55. The number of hydrogen-bond acceptors (Lipinski definition) is 9. The smallest absolute Gasteiger partial charge is 0.331 e. The molecule has 1 aromatic heterocycles. The van der Waals surface area contributed by atoms with Crippen molar-refractivity contribution in [3.8, 4) is 0 Å². The molecule has 0 saturated heterocycles. The Morgan fingerprint density at radius 2 is 1.73 bits per heavy atom. The first-order valence-corrected chi connectivity index (χ1v) is 12.2. The zero-order valence-corrected chi connectivity index (χ0v) is 22.1. The van der Waals surface area contributed by atoms with E-state index in [1.807, 2.05) is 13.8 Å². The highest BCUT2D eigenvalue weighted by atomic mass is 16.5. The van der Waals surface area contributed by atoms with Gasteiger partial charge in [-0.1, -0.05) is 33.8 Å². The Balaban J connectivity index is 1.96. The van der Waals surface area contributed by atoms with E-state index in [0.717, 1.165) is 6.08 Å². The summed E-state index contributed by atoms with van der Waals surface area (Å²) in [4.78, 5) is 63.5. The standard InChI is InChI=1S/C28H34O9/c1-16-19(12-23(31)35-6)27(2,3)14-18(25(16)33)11-21(29)20-13-24(32)37-26(17-8-10-36-15-17)28(20,4)9-7-22(30)34-5/h8,10,13-16,19,26H,7,9,11-12H2,1-6H3/t16-,19-,26+,28-/m1/s1. The predicted octanol–water partition coefficient (Wildman–Crippen LogP) is 4.07. The van der Waals surface area contributed by atoms with Crippen molar-refractivity contribution >= 4 is 29.5 Å². The van der Waals surface area contributed by atoms with E-state index in [1.54, 1.807) is 26.0 Å². The van der Waals surface area contributed by atoms with E-state index < -0.39 is 46.5 Å². The molecule has 0 N–H and O–H groups in total. The Bertz CT molecular complexity index is 1140. The lowest BCUT2D eigenvalue weighted by atomic mass is 9.63. The number of Topliss-reactive ketones (excluding diaryl/α,β-unsaturated/α-hetero) is 2. The first kappa shape index (κ1) is 28.1. The molecule has 0 spiro atoms. The third kappa shape index (κ3) is 5.76. The van der Waals surface area contributed by atoms with Crippen LogP contribution in [-0.2, 0) is 38.2 Å². The fraction of sp³-hybridized carbons (Fsp3) is 0.536. The topological polar surface area (TPSA) is 126 Å². The molecule has 1 aliphatic carbocycles. The molecule has 200 valence electrons. The van der Waals surface area contributed by atoms with Gasteiger partial charge in [-0.25, -0.2) is 4.79 Å². The first-order valence-electron chi connectivity index (χ1n) is 12.2. The highest BCUT2D eigenvalue weighted by Crippen LogP contribution is 2.50. The van der Waals surface area contributed by atoms with Gasteiger partial charge in [-0.2, -0.15) is 0 Å². The summed E-state index contributed by atoms with van der Waals surface area (Å²) in [5.41, 5.74) is -0.568. The maximum atomic E-state index is 13.7. The second-order valence-corrected chi connectivity index (χ2v) is 10.6. The molecular weight excluding hydrogens is 480 g/mol. The number of methoxy groups -OCH3 is 2. The van der Waals surface area contributed by atoms with Crippen molar-refractivity contribution in [1.29, 1.82) is 0 Å². The molecule has 0 amide bonds. The normalized spacial score (nSPS) is 27.0. The molecule has 0 fully saturated rings. The van der Waals surface area contributed by atoms with E-state index >= 15 is 0 Å². The maximum absolute atomic E-state index is 13.7. The minimum absolute atomic E-state index is 0.00950. The van der Waals surface area contributed by atoms with Crippen LogP contribution < -0.4 is 0 Å². The monoisotopic (exact) mass is 514 g/mol. The average molecular weight is 515 g/mol. The highest BCUT2D eigenvalue weighted by Gasteiger charge is 2.49. The van der Waals surface area contributed by atoms with Crippen molar-refractivity contribution in [3.05, 3.63) is 47.5 Å². The lowest BCUT2D eigenvalue weighted by Gasteiger charge is -2.42. The predicted molar refractivity (Wildman–Crippen MR) is 131 cm³/mol. The van der Waals surface area contributed by atoms with Gasteiger partial charge < -0.3 is 18.6 Å². The summed E-state index contributed by atoms with van der Waals surface area (Å²) >= 11 is 0. The number of esters is 3. The summed E-state index contributed by atoms with van der Waals surface area (Å²) in [6, 6.07) is 1.64. The van der Waals surface area contributed by atoms with E-state index in [2.05, 4.69) is 0 Å². The van der Waals surface area contributed by atoms with E-state index in [9.17, 15) is 24.0 Å². The van der Waals surface area contributed by atoms with Gasteiger partial charge in [-0.05, 0) is 29.4 Å². The third-order valence-electron chi connectivity index (χ3n) is 7.71. The molecule has 37 heavy (non-hydrogen) atoms. The van der Waals surface area contributed by atoms with Gasteiger partial charge in [0.05, 0.1) is 26.7 Å². The number of allylic oxidation sites excluding steroid dienone is 2. The third-order valence-corrected chi connectivity index (χ3v) is 7.71. The molecule has 0 radical (unpaired) electrons. The SMILES string of the molecule is COC(=O)CC[C@]1(C)C(C(=O)CC2=CC(C)(C)[C@H](CC(=O)OC)[C@@H](C)C2=O)=CC(=O)O[C@H]1c1ccoc1. The van der Waals surface area contributed by atoms with Crippen LogP contribution in [0.25, 0.3) is 0 Å². The van der Waals surface area contributed by atoms with Crippen LogP contribution >= 0.6 is 0 Å². The molecule has 0 saturated carbocycles. The van der Waals surface area contributed by atoms with Crippen LogP contribution in [0.5, 0.6) is 0 Å². The zero-order valence-electron chi connectivity index (χ0n) is 22.1. The Labute approximate surface area is 216 Å². The molecule has 4 atom stereocenters. The number of rotatable bonds is 9. The van der Waals surface area contributed by atoms with Gasteiger partial charge in [0.2, 0.25) is 0 Å². The largest absolute Gasteiger partial charge is 0.472 e. The zero-order chi connectivity index (χ0) is 27.5. The van der Waals surface area contributed by atoms with E-state index in [4.69, 9.17) is 18.6 Å². The molecule has 0 unspecified atom stereocenters. The van der Waals surface area contributed by atoms with E-state index in [1.165, 1.54) is 26.7 Å². The van der Waals surface area contributed by atoms with Crippen LogP contribution in [0.1, 0.15) is 65.0 Å². The number of ether oxygens (including phenoxy) is 3. The minimum Gasteiger partial charge on any atom is -0.472 e. The van der Waals surface area contributed by atoms with Crippen LogP contribution in [0.15, 0.2) is 46.3 Å². The van der Waals surface area contributed by atoms with Gasteiger partial charge in [0.1, 0.15) is 6.10 Å². The average Bonchev–Trinajstić information content (AvgIpc) is 3.39. The Morgan fingerprint density at radius 1 is 1.05 bits per heavy atom. The number of hydrogen-bond donors (Lipinski definition) is 0. The fourth-order valence-corrected chi connectivity index (χ4v) is 5.55. The van der Waals surface area contributed by atoms with Crippen molar-refractivity contribution in [1.82, 2.24) is 0 Å². The van der Waals surface area contributed by atoms with E-state index in [-0.39, 0.29) is 43.0 Å². The van der Waals surface area contributed by atoms with Gasteiger partial charge in [0.25, 0.3) is 0 Å². The van der Waals surface area contributed by atoms with Crippen molar-refractivity contribution in [2.45, 2.75) is 59.5 Å². The maximum Gasteiger partial charge on any atom is 0.331 e. The molecule has 0 bridgehead atoms. The van der Waals surface area contributed by atoms with Crippen molar-refractivity contribution in [2.24, 2.45) is 22.7 Å². The summed E-state index contributed by atoms with van der Waals surface area (Å²) < 4.78 is 20.4. The highest BCUT2D eigenvalue weighted by molar-refractivity contribution is 6.09. The number of cyclic esters (lactones) is 1. The van der Waals surface area contributed by atoms with Gasteiger partial charge >= 0.3 is 17.9 Å². The first-order chi connectivity index (χ1) is 17.3. The molecule has 1 aromatic rings. The lowest BCUT2D eigenvalue weighted by molar-refractivity contribution is -0.154. The summed E-state index contributed by atoms with van der Waals surface area (Å²) in [5, 5.41) is 0. The summed E-state index contributed by atoms with van der Waals surface area (Å²) in [6.07, 6.45) is 4.92. The van der Waals surface area contributed by atoms with Crippen LogP contribution in [0.4, 0.5) is 0 Å².